The summed E-state index contributed by atoms with van der Waals surface area (Å²) in [5.74, 6) is 0.199. The van der Waals surface area contributed by atoms with Crippen LogP contribution in [0, 0.1) is 0 Å². The van der Waals surface area contributed by atoms with Crippen molar-refractivity contribution >= 4 is 5.91 Å². The Kier molecular flexibility index (Phi) is 3.01. The second-order valence-corrected chi connectivity index (χ2v) is 3.83. The summed E-state index contributed by atoms with van der Waals surface area (Å²) in [6, 6.07) is 0. The predicted molar refractivity (Wildman–Crippen MR) is 56.4 cm³/mol. The molecule has 1 N–H and O–H groups in total. The molecule has 1 aliphatic rings. The molecule has 1 saturated heterocycles. The van der Waals surface area contributed by atoms with Crippen LogP contribution in [-0.2, 0) is 18.3 Å². The van der Waals surface area contributed by atoms with Crippen LogP contribution >= 0.6 is 0 Å². The molecule has 1 amide bonds. The van der Waals surface area contributed by atoms with E-state index in [2.05, 4.69) is 10.4 Å². The molecule has 1 fully saturated rings. The Morgan fingerprint density at radius 2 is 2.47 bits per heavy atom. The lowest BCUT2D eigenvalue weighted by Gasteiger charge is -2.27. The molecule has 1 aromatic heterocycles. The summed E-state index contributed by atoms with van der Waals surface area (Å²) in [7, 11) is 1.90. The Morgan fingerprint density at radius 1 is 1.60 bits per heavy atom. The highest BCUT2D eigenvalue weighted by atomic mass is 16.2. The quantitative estimate of drug-likeness (QED) is 0.721. The average molecular weight is 208 g/mol. The van der Waals surface area contributed by atoms with Crippen LogP contribution in [0.3, 0.4) is 0 Å². The van der Waals surface area contributed by atoms with E-state index in [0.29, 0.717) is 6.54 Å². The maximum absolute atomic E-state index is 11.5. The summed E-state index contributed by atoms with van der Waals surface area (Å²) in [6.45, 7) is 3.00. The lowest BCUT2D eigenvalue weighted by atomic mass is 10.2. The number of hydrogen-bond acceptors (Lipinski definition) is 3. The molecule has 0 aromatic carbocycles. The van der Waals surface area contributed by atoms with Gasteiger partial charge in [0, 0.05) is 32.9 Å². The normalized spacial score (nSPS) is 17.1. The Labute approximate surface area is 89.1 Å². The van der Waals surface area contributed by atoms with Crippen molar-refractivity contribution in [1.29, 1.82) is 0 Å². The van der Waals surface area contributed by atoms with Gasteiger partial charge in [0.05, 0.1) is 12.7 Å². The molecule has 0 bridgehead atoms. The first-order chi connectivity index (χ1) is 7.25. The van der Waals surface area contributed by atoms with Gasteiger partial charge in [-0.1, -0.05) is 0 Å². The van der Waals surface area contributed by atoms with Crippen molar-refractivity contribution in [3.05, 3.63) is 18.0 Å². The van der Waals surface area contributed by atoms with Gasteiger partial charge in [0.15, 0.2) is 0 Å². The smallest absolute Gasteiger partial charge is 0.236 e. The monoisotopic (exact) mass is 208 g/mol. The zero-order valence-electron chi connectivity index (χ0n) is 8.94. The van der Waals surface area contributed by atoms with E-state index in [1.165, 1.54) is 5.56 Å². The van der Waals surface area contributed by atoms with Crippen molar-refractivity contribution in [2.75, 3.05) is 26.2 Å². The van der Waals surface area contributed by atoms with E-state index in [0.717, 1.165) is 26.1 Å². The van der Waals surface area contributed by atoms with Crippen molar-refractivity contribution in [2.24, 2.45) is 7.05 Å². The van der Waals surface area contributed by atoms with E-state index in [-0.39, 0.29) is 5.91 Å². The van der Waals surface area contributed by atoms with Crippen LogP contribution in [0.4, 0.5) is 0 Å². The molecule has 1 aliphatic heterocycles. The van der Waals surface area contributed by atoms with E-state index in [1.807, 2.05) is 24.3 Å². The molecule has 82 valence electrons. The molecule has 5 heteroatoms. The van der Waals surface area contributed by atoms with Gasteiger partial charge in [-0.3, -0.25) is 9.48 Å². The van der Waals surface area contributed by atoms with Crippen LogP contribution in [-0.4, -0.2) is 46.8 Å². The molecule has 0 aliphatic carbocycles. The third kappa shape index (κ3) is 2.56. The predicted octanol–water partition coefficient (Wildman–Crippen LogP) is -0.606. The molecular formula is C10H16N4O. The molecule has 1 aromatic rings. The molecule has 2 heterocycles. The van der Waals surface area contributed by atoms with Gasteiger partial charge in [-0.25, -0.2) is 0 Å². The van der Waals surface area contributed by atoms with E-state index >= 15 is 0 Å². The fraction of sp³-hybridized carbons (Fsp3) is 0.600. The fourth-order valence-corrected chi connectivity index (χ4v) is 1.75. The Bertz CT molecular complexity index is 347. The van der Waals surface area contributed by atoms with E-state index in [9.17, 15) is 4.79 Å². The molecule has 0 spiro atoms. The van der Waals surface area contributed by atoms with Crippen LogP contribution in [0.25, 0.3) is 0 Å². The summed E-state index contributed by atoms with van der Waals surface area (Å²) >= 11 is 0. The highest BCUT2D eigenvalue weighted by molar-refractivity contribution is 5.78. The minimum atomic E-state index is 0.199. The summed E-state index contributed by atoms with van der Waals surface area (Å²) in [5, 5.41) is 7.16. The molecule has 2 rings (SSSR count). The van der Waals surface area contributed by atoms with Gasteiger partial charge in [-0.15, -0.1) is 0 Å². The molecule has 15 heavy (non-hydrogen) atoms. The summed E-state index contributed by atoms with van der Waals surface area (Å²) in [5.41, 5.74) is 1.18. The lowest BCUT2D eigenvalue weighted by molar-refractivity contribution is -0.131. The second-order valence-electron chi connectivity index (χ2n) is 3.83. The minimum absolute atomic E-state index is 0.199. The third-order valence-corrected chi connectivity index (χ3v) is 2.62. The summed E-state index contributed by atoms with van der Waals surface area (Å²) in [6.07, 6.45) is 4.74. The maximum atomic E-state index is 11.5. The van der Waals surface area contributed by atoms with Crippen LogP contribution < -0.4 is 5.32 Å². The summed E-state index contributed by atoms with van der Waals surface area (Å²) in [4.78, 5) is 13.4. The number of carbonyl (C=O) groups excluding carboxylic acids is 1. The van der Waals surface area contributed by atoms with Crippen molar-refractivity contribution < 1.29 is 4.79 Å². The standard InChI is InChI=1S/C10H16N4O/c1-13-8-9(6-12-13)2-4-14-5-3-11-7-10(14)15/h6,8,11H,2-5,7H2,1H3. The molecule has 0 radical (unpaired) electrons. The van der Waals surface area contributed by atoms with Gasteiger partial charge >= 0.3 is 0 Å². The van der Waals surface area contributed by atoms with Gasteiger partial charge in [-0.05, 0) is 12.0 Å². The molecule has 0 unspecified atom stereocenters. The highest BCUT2D eigenvalue weighted by Gasteiger charge is 2.16. The number of hydrogen-bond donors (Lipinski definition) is 1. The van der Waals surface area contributed by atoms with E-state index < -0.39 is 0 Å². The SMILES string of the molecule is Cn1cc(CCN2CCNCC2=O)cn1. The number of aromatic nitrogens is 2. The van der Waals surface area contributed by atoms with Gasteiger partial charge in [-0.2, -0.15) is 5.10 Å². The largest absolute Gasteiger partial charge is 0.340 e. The Balaban J connectivity index is 1.84. The third-order valence-electron chi connectivity index (χ3n) is 2.62. The zero-order valence-corrected chi connectivity index (χ0v) is 8.94. The van der Waals surface area contributed by atoms with Gasteiger partial charge < -0.3 is 10.2 Å². The second kappa shape index (κ2) is 4.44. The van der Waals surface area contributed by atoms with Gasteiger partial charge in [0.1, 0.15) is 0 Å². The number of aryl methyl sites for hydroxylation is 1. The Morgan fingerprint density at radius 3 is 3.13 bits per heavy atom. The lowest BCUT2D eigenvalue weighted by Crippen LogP contribution is -2.48. The van der Waals surface area contributed by atoms with Crippen LogP contribution in [0.2, 0.25) is 0 Å². The zero-order chi connectivity index (χ0) is 10.7. The van der Waals surface area contributed by atoms with E-state index in [1.54, 1.807) is 4.68 Å². The summed E-state index contributed by atoms with van der Waals surface area (Å²) < 4.78 is 1.79. The number of amides is 1. The van der Waals surface area contributed by atoms with Crippen LogP contribution in [0.1, 0.15) is 5.56 Å². The number of rotatable bonds is 3. The van der Waals surface area contributed by atoms with Crippen molar-refractivity contribution in [3.63, 3.8) is 0 Å². The highest BCUT2D eigenvalue weighted by Crippen LogP contribution is 2.01. The number of piperazine rings is 1. The fourth-order valence-electron chi connectivity index (χ4n) is 1.75. The average Bonchev–Trinajstić information content (AvgIpc) is 2.63. The van der Waals surface area contributed by atoms with Crippen molar-refractivity contribution in [3.8, 4) is 0 Å². The molecular weight excluding hydrogens is 192 g/mol. The number of carbonyl (C=O) groups is 1. The van der Waals surface area contributed by atoms with Gasteiger partial charge in [0.2, 0.25) is 5.91 Å². The van der Waals surface area contributed by atoms with Crippen LogP contribution in [0.15, 0.2) is 12.4 Å². The van der Waals surface area contributed by atoms with Crippen LogP contribution in [0.5, 0.6) is 0 Å². The van der Waals surface area contributed by atoms with Crippen molar-refractivity contribution in [2.45, 2.75) is 6.42 Å². The first-order valence-corrected chi connectivity index (χ1v) is 5.22. The molecule has 5 nitrogen and oxygen atoms in total. The molecule has 0 atom stereocenters. The molecule has 0 saturated carbocycles. The first kappa shape index (κ1) is 10.2. The number of nitrogens with zero attached hydrogens (tertiary/aromatic N) is 3. The number of nitrogens with one attached hydrogen (secondary N) is 1. The maximum Gasteiger partial charge on any atom is 0.236 e. The Hall–Kier alpha value is -1.36. The first-order valence-electron chi connectivity index (χ1n) is 5.22. The topological polar surface area (TPSA) is 50.2 Å². The minimum Gasteiger partial charge on any atom is -0.340 e. The van der Waals surface area contributed by atoms with Gasteiger partial charge in [0.25, 0.3) is 0 Å². The van der Waals surface area contributed by atoms with E-state index in [4.69, 9.17) is 0 Å². The van der Waals surface area contributed by atoms with Crippen molar-refractivity contribution in [1.82, 2.24) is 20.0 Å².